The first kappa shape index (κ1) is 16.7. The van der Waals surface area contributed by atoms with Crippen molar-refractivity contribution >= 4 is 77.7 Å². The van der Waals surface area contributed by atoms with Gasteiger partial charge in [-0.3, -0.25) is 4.79 Å². The molecular weight excluding hydrogens is 277 g/mol. The van der Waals surface area contributed by atoms with Gasteiger partial charge in [-0.25, -0.2) is 4.79 Å². The number of hydrogen-bond acceptors (Lipinski definition) is 4. The second-order valence-electron chi connectivity index (χ2n) is 3.05. The fourth-order valence-corrected chi connectivity index (χ4v) is 1.58. The molecule has 0 aromatic heterocycles. The standard InChI is InChI=1S/C6H3ClNO2.C3H4O3.K/c7-5-1-3-6(4-2-5)8(9)10;1-2(4)3(5)6;/h1,3-4H;1H3,(H,5,6);. The minimum absolute atomic E-state index is 0.123. The third kappa shape index (κ3) is 6.87. The number of Topliss-reactive ketones (excluding diaryl/α,β-unsaturated/α-hetero) is 1. The summed E-state index contributed by atoms with van der Waals surface area (Å²) in [6.07, 6.45) is 0. The van der Waals surface area contributed by atoms with Crippen LogP contribution in [0, 0.1) is 10.1 Å². The second kappa shape index (κ2) is 7.91. The van der Waals surface area contributed by atoms with E-state index in [4.69, 9.17) is 16.7 Å². The van der Waals surface area contributed by atoms with Crippen LogP contribution in [0.1, 0.15) is 6.92 Å². The molecule has 0 fully saturated rings. The van der Waals surface area contributed by atoms with E-state index in [-0.39, 0.29) is 5.69 Å². The van der Waals surface area contributed by atoms with Crippen LogP contribution in [0.2, 0.25) is 5.02 Å². The van der Waals surface area contributed by atoms with Crippen molar-refractivity contribution in [2.24, 2.45) is 0 Å². The maximum atomic E-state index is 10.2. The SMILES string of the molecule is CC(=O)C(=O)O.O=[N+]([O-])c1ccc(Cl)[c]([K])c1. The zero-order valence-corrected chi connectivity index (χ0v) is 13.0. The number of halogens is 1. The molecule has 17 heavy (non-hydrogen) atoms. The first-order valence-electron chi connectivity index (χ1n) is 4.40. The molecule has 0 aliphatic rings. The number of nitro groups is 1. The molecule has 0 atom stereocenters. The summed E-state index contributed by atoms with van der Waals surface area (Å²) in [4.78, 5) is 28.7. The van der Waals surface area contributed by atoms with Crippen molar-refractivity contribution < 1.29 is 19.6 Å². The molecule has 0 amide bonds. The van der Waals surface area contributed by atoms with Crippen molar-refractivity contribution in [3.05, 3.63) is 33.3 Å². The molecule has 8 heteroatoms. The van der Waals surface area contributed by atoms with Crippen LogP contribution < -0.4 is -0.342 Å². The number of carboxylic acid groups (broad SMARTS) is 1. The molecule has 0 aliphatic carbocycles. The number of rotatable bonds is 2. The predicted molar refractivity (Wildman–Crippen MR) is 61.8 cm³/mol. The van der Waals surface area contributed by atoms with Crippen molar-refractivity contribution in [1.82, 2.24) is 0 Å². The summed E-state index contributed by atoms with van der Waals surface area (Å²) in [7, 11) is 0. The maximum absolute atomic E-state index is 10.2. The molecule has 86 valence electrons. The number of nitro benzene ring substituents is 1. The van der Waals surface area contributed by atoms with Crippen LogP contribution in [0.15, 0.2) is 18.2 Å². The molecule has 0 spiro atoms. The number of hydrogen-bond donors (Lipinski definition) is 1. The van der Waals surface area contributed by atoms with E-state index in [1.165, 1.54) is 12.1 Å². The average molecular weight is 284 g/mol. The third-order valence-electron chi connectivity index (χ3n) is 1.65. The monoisotopic (exact) mass is 283 g/mol. The summed E-state index contributed by atoms with van der Waals surface area (Å²) in [6, 6.07) is 4.51. The number of ketones is 1. The van der Waals surface area contributed by atoms with Gasteiger partial charge in [-0.15, -0.1) is 0 Å². The van der Waals surface area contributed by atoms with E-state index < -0.39 is 16.7 Å². The van der Waals surface area contributed by atoms with Crippen LogP contribution >= 0.6 is 11.6 Å². The second-order valence-corrected chi connectivity index (χ2v) is 5.14. The van der Waals surface area contributed by atoms with Gasteiger partial charge in [-0.05, 0) is 0 Å². The summed E-state index contributed by atoms with van der Waals surface area (Å²) in [5, 5.41) is 18.5. The van der Waals surface area contributed by atoms with Gasteiger partial charge in [-0.1, -0.05) is 0 Å². The summed E-state index contributed by atoms with van der Waals surface area (Å²) in [5.74, 6) is -2.20. The number of carbonyl (C=O) groups is 2. The Bertz CT molecular complexity index is 451. The minimum atomic E-state index is -1.38. The van der Waals surface area contributed by atoms with Gasteiger partial charge in [0.1, 0.15) is 0 Å². The van der Waals surface area contributed by atoms with Gasteiger partial charge in [-0.2, -0.15) is 0 Å². The Kier molecular flexibility index (Phi) is 7.76. The van der Waals surface area contributed by atoms with E-state index in [0.717, 1.165) is 6.58 Å². The van der Waals surface area contributed by atoms with Crippen molar-refractivity contribution in [1.29, 1.82) is 0 Å². The number of carboxylic acids is 1. The van der Waals surface area contributed by atoms with Gasteiger partial charge in [0, 0.05) is 6.92 Å². The van der Waals surface area contributed by atoms with Crippen molar-refractivity contribution in [2.75, 3.05) is 0 Å². The Balaban J connectivity index is 0.000000366. The van der Waals surface area contributed by atoms with Gasteiger partial charge in [0.15, 0.2) is 0 Å². The van der Waals surface area contributed by atoms with Crippen LogP contribution in [0.25, 0.3) is 0 Å². The van der Waals surface area contributed by atoms with Crippen LogP contribution in [0.4, 0.5) is 5.69 Å². The molecule has 0 unspecified atom stereocenters. The van der Waals surface area contributed by atoms with E-state index in [1.807, 2.05) is 0 Å². The topological polar surface area (TPSA) is 97.5 Å². The van der Waals surface area contributed by atoms with Gasteiger partial charge < -0.3 is 5.11 Å². The zero-order chi connectivity index (χ0) is 13.6. The quantitative estimate of drug-likeness (QED) is 0.373. The molecule has 0 heterocycles. The fraction of sp³-hybridized carbons (Fsp3) is 0.111. The van der Waals surface area contributed by atoms with Crippen molar-refractivity contribution in [3.63, 3.8) is 0 Å². The van der Waals surface area contributed by atoms with Gasteiger partial charge in [0.25, 0.3) is 0 Å². The molecule has 1 rings (SSSR count). The fourth-order valence-electron chi connectivity index (χ4n) is 0.742. The Morgan fingerprint density at radius 1 is 1.47 bits per heavy atom. The average Bonchev–Trinajstić information content (AvgIpc) is 2.22. The number of carbonyl (C=O) groups excluding carboxylic acids is 1. The Morgan fingerprint density at radius 2 is 1.94 bits per heavy atom. The summed E-state index contributed by atoms with van der Waals surface area (Å²) in [5.41, 5.74) is 0.123. The number of nitrogens with zero attached hydrogens (tertiary/aromatic N) is 1. The van der Waals surface area contributed by atoms with Gasteiger partial charge >= 0.3 is 110 Å². The number of non-ortho nitro benzene ring substituents is 1. The van der Waals surface area contributed by atoms with Crippen molar-refractivity contribution in [3.8, 4) is 0 Å². The molecule has 0 bridgehead atoms. The summed E-state index contributed by atoms with van der Waals surface area (Å²) < 4.78 is 0.911. The molecule has 0 aliphatic heterocycles. The zero-order valence-electron chi connectivity index (χ0n) is 9.14. The molecule has 1 aromatic rings. The first-order valence-corrected chi connectivity index (χ1v) is 6.34. The summed E-state index contributed by atoms with van der Waals surface area (Å²) >= 11 is 6.09. The Morgan fingerprint density at radius 3 is 2.24 bits per heavy atom. The van der Waals surface area contributed by atoms with Crippen LogP contribution in [-0.2, 0) is 9.59 Å². The van der Waals surface area contributed by atoms with Crippen molar-refractivity contribution in [2.45, 2.75) is 6.92 Å². The molecule has 1 aromatic carbocycles. The first-order chi connectivity index (χ1) is 7.75. The Labute approximate surface area is 136 Å². The predicted octanol–water partition coefficient (Wildman–Crippen LogP) is 0.702. The van der Waals surface area contributed by atoms with Gasteiger partial charge in [0.05, 0.1) is 0 Å². The molecular formula is C9H7ClKNO5. The van der Waals surface area contributed by atoms with E-state index >= 15 is 0 Å². The Hall–Kier alpha value is -0.314. The van der Waals surface area contributed by atoms with E-state index in [1.54, 1.807) is 6.07 Å². The van der Waals surface area contributed by atoms with Crippen LogP contribution in [0.3, 0.4) is 0 Å². The van der Waals surface area contributed by atoms with Crippen LogP contribution in [-0.4, -0.2) is 70.7 Å². The molecule has 1 N–H and O–H groups in total. The van der Waals surface area contributed by atoms with Crippen LogP contribution in [0.5, 0.6) is 0 Å². The normalized spacial score (nSPS) is 8.94. The van der Waals surface area contributed by atoms with E-state index in [2.05, 4.69) is 0 Å². The van der Waals surface area contributed by atoms with Gasteiger partial charge in [0.2, 0.25) is 5.78 Å². The van der Waals surface area contributed by atoms with E-state index in [9.17, 15) is 19.7 Å². The summed E-state index contributed by atoms with van der Waals surface area (Å²) in [6.45, 7) is 1.00. The number of aliphatic carboxylic acids is 1. The molecule has 6 nitrogen and oxygen atoms in total. The molecule has 0 radical (unpaired) electrons. The molecule has 0 saturated carbocycles. The molecule has 0 saturated heterocycles. The number of benzene rings is 1. The van der Waals surface area contributed by atoms with E-state index in [0.29, 0.717) is 54.0 Å². The third-order valence-corrected chi connectivity index (χ3v) is 3.86.